The lowest BCUT2D eigenvalue weighted by Gasteiger charge is -2.39. The van der Waals surface area contributed by atoms with Crippen LogP contribution >= 0.6 is 0 Å². The van der Waals surface area contributed by atoms with Crippen molar-refractivity contribution in [2.75, 3.05) is 26.8 Å². The summed E-state index contributed by atoms with van der Waals surface area (Å²) in [6.07, 6.45) is 4.64. The van der Waals surface area contributed by atoms with Crippen LogP contribution in [0.15, 0.2) is 71.8 Å². The van der Waals surface area contributed by atoms with Gasteiger partial charge in [-0.25, -0.2) is 0 Å². The second-order valence-corrected chi connectivity index (χ2v) is 9.51. The number of pyridine rings is 2. The predicted molar refractivity (Wildman–Crippen MR) is 141 cm³/mol. The molecule has 0 spiro atoms. The molecule has 4 rings (SSSR count). The highest BCUT2D eigenvalue weighted by Crippen LogP contribution is 2.30. The number of aryl methyl sites for hydroxylation is 2. The van der Waals surface area contributed by atoms with Gasteiger partial charge < -0.3 is 19.5 Å². The van der Waals surface area contributed by atoms with Crippen LogP contribution in [-0.2, 0) is 16.6 Å². The lowest BCUT2D eigenvalue weighted by atomic mass is 9.87. The number of carbonyl (C=O) groups is 2. The van der Waals surface area contributed by atoms with Crippen LogP contribution in [0.5, 0.6) is 0 Å². The summed E-state index contributed by atoms with van der Waals surface area (Å²) in [5.41, 5.74) is 2.49. The summed E-state index contributed by atoms with van der Waals surface area (Å²) < 4.78 is 6.98. The van der Waals surface area contributed by atoms with Gasteiger partial charge in [0.05, 0.1) is 5.56 Å². The van der Waals surface area contributed by atoms with Gasteiger partial charge in [0.1, 0.15) is 6.04 Å². The van der Waals surface area contributed by atoms with Gasteiger partial charge in [0.2, 0.25) is 5.91 Å². The molecular formula is C29H34N4O4. The van der Waals surface area contributed by atoms with E-state index < -0.39 is 6.04 Å². The maximum Gasteiger partial charge on any atom is 0.256 e. The summed E-state index contributed by atoms with van der Waals surface area (Å²) in [5, 5.41) is 2.79. The fourth-order valence-corrected chi connectivity index (χ4v) is 5.11. The van der Waals surface area contributed by atoms with Crippen molar-refractivity contribution in [3.05, 3.63) is 99.7 Å². The molecule has 0 aliphatic carbocycles. The fourth-order valence-electron chi connectivity index (χ4n) is 5.11. The Morgan fingerprint density at radius 2 is 1.84 bits per heavy atom. The van der Waals surface area contributed by atoms with Gasteiger partial charge >= 0.3 is 0 Å². The molecule has 3 heterocycles. The smallest absolute Gasteiger partial charge is 0.256 e. The van der Waals surface area contributed by atoms with Gasteiger partial charge in [0.25, 0.3) is 11.5 Å². The monoisotopic (exact) mass is 502 g/mol. The Morgan fingerprint density at radius 3 is 2.46 bits per heavy atom. The number of hydrogen-bond acceptors (Lipinski definition) is 5. The number of benzene rings is 1. The molecule has 1 saturated heterocycles. The minimum atomic E-state index is -0.700. The van der Waals surface area contributed by atoms with E-state index >= 15 is 0 Å². The zero-order chi connectivity index (χ0) is 26.4. The quantitative estimate of drug-likeness (QED) is 0.511. The Hall–Kier alpha value is -3.78. The number of amides is 2. The SMILES string of the molecule is CNC(=O)[C@@H](C1CCOCC1)N(C[C@H](c1ccccc1)c1ccccn1)C(=O)c1cc(C)c(=O)n(C)c1. The highest BCUT2D eigenvalue weighted by atomic mass is 16.5. The molecule has 8 nitrogen and oxygen atoms in total. The number of rotatable bonds is 8. The molecule has 1 aromatic carbocycles. The van der Waals surface area contributed by atoms with Gasteiger partial charge in [-0.15, -0.1) is 0 Å². The standard InChI is InChI=1S/C29H34N4O4/c1-20-17-23(18-32(3)28(20)35)29(36)33(26(27(34)30-2)22-12-15-37-16-13-22)19-24(21-9-5-4-6-10-21)25-11-7-8-14-31-25/h4-11,14,17-18,22,24,26H,12-13,15-16,19H2,1-3H3,(H,30,34)/t24-,26-/m1/s1. The van der Waals surface area contributed by atoms with Crippen molar-refractivity contribution in [2.24, 2.45) is 13.0 Å². The normalized spacial score (nSPS) is 15.5. The van der Waals surface area contributed by atoms with Crippen molar-refractivity contribution in [1.29, 1.82) is 0 Å². The first-order chi connectivity index (χ1) is 17.9. The van der Waals surface area contributed by atoms with Crippen LogP contribution < -0.4 is 10.9 Å². The van der Waals surface area contributed by atoms with Crippen molar-refractivity contribution >= 4 is 11.8 Å². The number of nitrogens with zero attached hydrogens (tertiary/aromatic N) is 3. The second-order valence-electron chi connectivity index (χ2n) is 9.51. The van der Waals surface area contributed by atoms with Crippen molar-refractivity contribution in [3.63, 3.8) is 0 Å². The molecule has 37 heavy (non-hydrogen) atoms. The largest absolute Gasteiger partial charge is 0.381 e. The van der Waals surface area contributed by atoms with Gasteiger partial charge in [-0.1, -0.05) is 36.4 Å². The summed E-state index contributed by atoms with van der Waals surface area (Å²) in [6.45, 7) is 3.03. The van der Waals surface area contributed by atoms with Gasteiger partial charge in [0.15, 0.2) is 0 Å². The number of ether oxygens (including phenoxy) is 1. The molecule has 1 fully saturated rings. The Morgan fingerprint density at radius 1 is 1.14 bits per heavy atom. The molecule has 1 aliphatic heterocycles. The van der Waals surface area contributed by atoms with Crippen molar-refractivity contribution in [1.82, 2.24) is 19.8 Å². The number of hydrogen-bond donors (Lipinski definition) is 1. The van der Waals surface area contributed by atoms with Crippen LogP contribution in [0.25, 0.3) is 0 Å². The zero-order valence-electron chi connectivity index (χ0n) is 21.6. The maximum absolute atomic E-state index is 14.2. The Kier molecular flexibility index (Phi) is 8.50. The average molecular weight is 503 g/mol. The molecule has 0 unspecified atom stereocenters. The lowest BCUT2D eigenvalue weighted by Crippen LogP contribution is -2.55. The van der Waals surface area contributed by atoms with Crippen LogP contribution in [-0.4, -0.2) is 59.1 Å². The van der Waals surface area contributed by atoms with E-state index in [1.54, 1.807) is 44.4 Å². The molecule has 2 aromatic heterocycles. The summed E-state index contributed by atoms with van der Waals surface area (Å²) >= 11 is 0. The van der Waals surface area contributed by atoms with Crippen LogP contribution in [0, 0.1) is 12.8 Å². The van der Waals surface area contributed by atoms with Crippen LogP contribution in [0.1, 0.15) is 45.9 Å². The first-order valence-electron chi connectivity index (χ1n) is 12.6. The van der Waals surface area contributed by atoms with E-state index in [1.165, 1.54) is 4.57 Å². The third-order valence-electron chi connectivity index (χ3n) is 7.06. The van der Waals surface area contributed by atoms with E-state index in [2.05, 4.69) is 10.3 Å². The number of nitrogens with one attached hydrogen (secondary N) is 1. The summed E-state index contributed by atoms with van der Waals surface area (Å²) in [5.74, 6) is -0.830. The van der Waals surface area contributed by atoms with Gasteiger partial charge in [-0.05, 0) is 49.4 Å². The minimum Gasteiger partial charge on any atom is -0.381 e. The van der Waals surface area contributed by atoms with Crippen molar-refractivity contribution in [3.8, 4) is 0 Å². The molecule has 194 valence electrons. The van der Waals surface area contributed by atoms with E-state index in [9.17, 15) is 14.4 Å². The molecular weight excluding hydrogens is 468 g/mol. The summed E-state index contributed by atoms with van der Waals surface area (Å²) in [6, 6.07) is 16.5. The molecule has 8 heteroatoms. The van der Waals surface area contributed by atoms with E-state index in [0.717, 1.165) is 11.3 Å². The topological polar surface area (TPSA) is 93.5 Å². The van der Waals surface area contributed by atoms with E-state index in [0.29, 0.717) is 37.2 Å². The van der Waals surface area contributed by atoms with Crippen LogP contribution in [0.3, 0.4) is 0 Å². The Bertz CT molecular complexity index is 1200. The highest BCUT2D eigenvalue weighted by molar-refractivity contribution is 5.97. The Balaban J connectivity index is 1.84. The highest BCUT2D eigenvalue weighted by Gasteiger charge is 2.39. The van der Waals surface area contributed by atoms with E-state index in [4.69, 9.17) is 4.74 Å². The second kappa shape index (κ2) is 12.0. The van der Waals surface area contributed by atoms with Gasteiger partial charge in [0, 0.05) is 63.4 Å². The molecule has 0 bridgehead atoms. The number of carbonyl (C=O) groups excluding carboxylic acids is 2. The molecule has 3 aromatic rings. The third kappa shape index (κ3) is 5.97. The zero-order valence-corrected chi connectivity index (χ0v) is 21.6. The van der Waals surface area contributed by atoms with E-state index in [1.807, 2.05) is 48.5 Å². The van der Waals surface area contributed by atoms with Gasteiger partial charge in [-0.2, -0.15) is 0 Å². The lowest BCUT2D eigenvalue weighted by molar-refractivity contribution is -0.128. The van der Waals surface area contributed by atoms with Crippen LogP contribution in [0.2, 0.25) is 0 Å². The molecule has 1 aliphatic rings. The fraction of sp³-hybridized carbons (Fsp3) is 0.379. The molecule has 2 amide bonds. The Labute approximate surface area is 217 Å². The number of likely N-dealkylation sites (N-methyl/N-ethyl adjacent to an activating group) is 1. The average Bonchev–Trinajstić information content (AvgIpc) is 2.94. The summed E-state index contributed by atoms with van der Waals surface area (Å²) in [4.78, 5) is 46.3. The van der Waals surface area contributed by atoms with Gasteiger partial charge in [-0.3, -0.25) is 19.4 Å². The minimum absolute atomic E-state index is 0.0635. The van der Waals surface area contributed by atoms with Crippen molar-refractivity contribution < 1.29 is 14.3 Å². The van der Waals surface area contributed by atoms with Crippen LogP contribution in [0.4, 0.5) is 0 Å². The molecule has 0 saturated carbocycles. The molecule has 1 N–H and O–H groups in total. The number of aromatic nitrogens is 2. The van der Waals surface area contributed by atoms with E-state index in [-0.39, 0.29) is 35.8 Å². The first-order valence-corrected chi connectivity index (χ1v) is 12.6. The molecule has 0 radical (unpaired) electrons. The maximum atomic E-state index is 14.2. The molecule has 2 atom stereocenters. The third-order valence-corrected chi connectivity index (χ3v) is 7.06. The predicted octanol–water partition coefficient (Wildman–Crippen LogP) is 2.90. The summed E-state index contributed by atoms with van der Waals surface area (Å²) in [7, 11) is 3.23. The first kappa shape index (κ1) is 26.3. The van der Waals surface area contributed by atoms with Crippen molar-refractivity contribution in [2.45, 2.75) is 31.7 Å².